The minimum atomic E-state index is 0.0513. The van der Waals surface area contributed by atoms with Gasteiger partial charge in [0.05, 0.1) is 18.6 Å². The molecule has 0 saturated carbocycles. The second-order valence-corrected chi connectivity index (χ2v) is 3.97. The fourth-order valence-corrected chi connectivity index (χ4v) is 1.98. The summed E-state index contributed by atoms with van der Waals surface area (Å²) in [5.41, 5.74) is 0. The lowest BCUT2D eigenvalue weighted by Gasteiger charge is -2.19. The van der Waals surface area contributed by atoms with Crippen LogP contribution < -0.4 is 0 Å². The summed E-state index contributed by atoms with van der Waals surface area (Å²) >= 11 is 0. The van der Waals surface area contributed by atoms with Gasteiger partial charge in [-0.3, -0.25) is 4.79 Å². The number of hydrogen-bond donors (Lipinski definition) is 0. The van der Waals surface area contributed by atoms with E-state index in [1.807, 2.05) is 19.1 Å². The summed E-state index contributed by atoms with van der Waals surface area (Å²) in [6.45, 7) is 2.56. The fourth-order valence-electron chi connectivity index (χ4n) is 1.98. The molecule has 1 unspecified atom stereocenters. The molecule has 0 amide bonds. The lowest BCUT2D eigenvalue weighted by Crippen LogP contribution is -2.20. The molecule has 1 aliphatic carbocycles. The van der Waals surface area contributed by atoms with Crippen molar-refractivity contribution in [3.05, 3.63) is 36.0 Å². The molecule has 1 aliphatic rings. The van der Waals surface area contributed by atoms with Gasteiger partial charge in [0.25, 0.3) is 0 Å². The highest BCUT2D eigenvalue weighted by atomic mass is 16.5. The van der Waals surface area contributed by atoms with Gasteiger partial charge in [0.2, 0.25) is 0 Å². The van der Waals surface area contributed by atoms with Gasteiger partial charge in [-0.2, -0.15) is 0 Å². The molecule has 1 aromatic rings. The third-order valence-electron chi connectivity index (χ3n) is 2.80. The number of ketones is 1. The number of ether oxygens (including phenoxy) is 1. The lowest BCUT2D eigenvalue weighted by molar-refractivity contribution is -0.119. The zero-order valence-corrected chi connectivity index (χ0v) is 9.44. The van der Waals surface area contributed by atoms with Crippen LogP contribution in [-0.4, -0.2) is 12.4 Å². The molecule has 16 heavy (non-hydrogen) atoms. The first-order chi connectivity index (χ1) is 7.79. The summed E-state index contributed by atoms with van der Waals surface area (Å²) in [6.07, 6.45) is 5.68. The second-order valence-electron chi connectivity index (χ2n) is 3.97. The van der Waals surface area contributed by atoms with Gasteiger partial charge >= 0.3 is 0 Å². The van der Waals surface area contributed by atoms with E-state index in [2.05, 4.69) is 0 Å². The van der Waals surface area contributed by atoms with Gasteiger partial charge < -0.3 is 9.15 Å². The van der Waals surface area contributed by atoms with Crippen molar-refractivity contribution < 1.29 is 13.9 Å². The van der Waals surface area contributed by atoms with E-state index >= 15 is 0 Å². The van der Waals surface area contributed by atoms with E-state index in [9.17, 15) is 4.79 Å². The monoisotopic (exact) mass is 220 g/mol. The fraction of sp³-hybridized carbons (Fsp3) is 0.462. The first kappa shape index (κ1) is 11.0. The Kier molecular flexibility index (Phi) is 3.44. The Morgan fingerprint density at radius 1 is 1.56 bits per heavy atom. The first-order valence-corrected chi connectivity index (χ1v) is 5.69. The lowest BCUT2D eigenvalue weighted by atomic mass is 9.88. The summed E-state index contributed by atoms with van der Waals surface area (Å²) < 4.78 is 10.6. The molecular weight excluding hydrogens is 204 g/mol. The highest BCUT2D eigenvalue weighted by Crippen LogP contribution is 2.24. The highest BCUT2D eigenvalue weighted by Gasteiger charge is 2.24. The van der Waals surface area contributed by atoms with Crippen LogP contribution in [0.5, 0.6) is 0 Å². The topological polar surface area (TPSA) is 39.4 Å². The Balaban J connectivity index is 1.97. The molecule has 0 fully saturated rings. The van der Waals surface area contributed by atoms with Crippen molar-refractivity contribution in [1.82, 2.24) is 0 Å². The highest BCUT2D eigenvalue weighted by molar-refractivity contribution is 5.93. The van der Waals surface area contributed by atoms with Crippen LogP contribution in [0, 0.1) is 5.92 Å². The largest absolute Gasteiger partial charge is 0.498 e. The maximum atomic E-state index is 11.8. The van der Waals surface area contributed by atoms with Crippen LogP contribution >= 0.6 is 0 Å². The van der Waals surface area contributed by atoms with E-state index in [-0.39, 0.29) is 11.7 Å². The third-order valence-corrected chi connectivity index (χ3v) is 2.80. The third kappa shape index (κ3) is 2.54. The van der Waals surface area contributed by atoms with E-state index in [0.717, 1.165) is 24.4 Å². The summed E-state index contributed by atoms with van der Waals surface area (Å²) in [7, 11) is 0. The SMILES string of the molecule is CCOC1=CC(=O)C(Cc2ccco2)CC1. The molecule has 3 heteroatoms. The van der Waals surface area contributed by atoms with E-state index < -0.39 is 0 Å². The smallest absolute Gasteiger partial charge is 0.162 e. The van der Waals surface area contributed by atoms with Gasteiger partial charge in [-0.25, -0.2) is 0 Å². The number of carbonyl (C=O) groups excluding carboxylic acids is 1. The molecule has 0 aromatic carbocycles. The Bertz CT molecular complexity index is 376. The summed E-state index contributed by atoms with van der Waals surface area (Å²) in [5.74, 6) is 1.91. The molecule has 0 saturated heterocycles. The van der Waals surface area contributed by atoms with E-state index in [4.69, 9.17) is 9.15 Å². The van der Waals surface area contributed by atoms with Gasteiger partial charge in [-0.05, 0) is 25.5 Å². The van der Waals surface area contributed by atoms with Gasteiger partial charge in [-0.15, -0.1) is 0 Å². The number of rotatable bonds is 4. The molecule has 0 radical (unpaired) electrons. The maximum absolute atomic E-state index is 11.8. The molecule has 2 rings (SSSR count). The van der Waals surface area contributed by atoms with E-state index in [1.54, 1.807) is 12.3 Å². The minimum absolute atomic E-state index is 0.0513. The zero-order valence-electron chi connectivity index (χ0n) is 9.44. The molecule has 0 N–H and O–H groups in total. The quantitative estimate of drug-likeness (QED) is 0.783. The number of furan rings is 1. The Morgan fingerprint density at radius 2 is 2.44 bits per heavy atom. The standard InChI is InChI=1S/C13H16O3/c1-2-15-12-6-5-10(13(14)9-12)8-11-4-3-7-16-11/h3-4,7,9-10H,2,5-6,8H2,1H3. The molecule has 0 bridgehead atoms. The first-order valence-electron chi connectivity index (χ1n) is 5.69. The Morgan fingerprint density at radius 3 is 3.06 bits per heavy atom. The summed E-state index contributed by atoms with van der Waals surface area (Å²) in [4.78, 5) is 11.8. The number of carbonyl (C=O) groups is 1. The Hall–Kier alpha value is -1.51. The predicted molar refractivity (Wildman–Crippen MR) is 59.9 cm³/mol. The van der Waals surface area contributed by atoms with Crippen LogP contribution in [0.1, 0.15) is 25.5 Å². The average Bonchev–Trinajstić information content (AvgIpc) is 2.75. The van der Waals surface area contributed by atoms with Gasteiger partial charge in [0.1, 0.15) is 5.76 Å². The molecule has 1 atom stereocenters. The van der Waals surface area contributed by atoms with Crippen molar-refractivity contribution in [2.45, 2.75) is 26.2 Å². The molecule has 86 valence electrons. The number of allylic oxidation sites excluding steroid dienone is 2. The van der Waals surface area contributed by atoms with Crippen LogP contribution in [0.25, 0.3) is 0 Å². The van der Waals surface area contributed by atoms with Crippen LogP contribution in [0.4, 0.5) is 0 Å². The van der Waals surface area contributed by atoms with Crippen LogP contribution in [0.3, 0.4) is 0 Å². The van der Waals surface area contributed by atoms with Crippen molar-refractivity contribution >= 4 is 5.78 Å². The predicted octanol–water partition coefficient (Wildman–Crippen LogP) is 2.72. The van der Waals surface area contributed by atoms with Crippen LogP contribution in [0.15, 0.2) is 34.6 Å². The van der Waals surface area contributed by atoms with E-state index in [0.29, 0.717) is 13.0 Å². The Labute approximate surface area is 95.1 Å². The molecule has 0 aliphatic heterocycles. The van der Waals surface area contributed by atoms with Gasteiger partial charge in [0, 0.05) is 24.8 Å². The normalized spacial score (nSPS) is 20.7. The van der Waals surface area contributed by atoms with Crippen molar-refractivity contribution in [2.75, 3.05) is 6.61 Å². The van der Waals surface area contributed by atoms with E-state index in [1.165, 1.54) is 0 Å². The molecule has 0 spiro atoms. The maximum Gasteiger partial charge on any atom is 0.162 e. The molecule has 1 aromatic heterocycles. The summed E-state index contributed by atoms with van der Waals surface area (Å²) in [5, 5.41) is 0. The summed E-state index contributed by atoms with van der Waals surface area (Å²) in [6, 6.07) is 3.76. The second kappa shape index (κ2) is 5.01. The minimum Gasteiger partial charge on any atom is -0.498 e. The van der Waals surface area contributed by atoms with Crippen molar-refractivity contribution in [3.63, 3.8) is 0 Å². The average molecular weight is 220 g/mol. The van der Waals surface area contributed by atoms with Crippen LogP contribution in [0.2, 0.25) is 0 Å². The number of hydrogen-bond acceptors (Lipinski definition) is 3. The van der Waals surface area contributed by atoms with Crippen molar-refractivity contribution in [2.24, 2.45) is 5.92 Å². The zero-order chi connectivity index (χ0) is 11.4. The van der Waals surface area contributed by atoms with Gasteiger partial charge in [-0.1, -0.05) is 0 Å². The molecule has 3 nitrogen and oxygen atoms in total. The molecule has 1 heterocycles. The van der Waals surface area contributed by atoms with Crippen molar-refractivity contribution in [3.8, 4) is 0 Å². The molecular formula is C13H16O3. The van der Waals surface area contributed by atoms with Gasteiger partial charge in [0.15, 0.2) is 5.78 Å². The van der Waals surface area contributed by atoms with Crippen molar-refractivity contribution in [1.29, 1.82) is 0 Å². The van der Waals surface area contributed by atoms with Crippen LogP contribution in [-0.2, 0) is 16.0 Å².